The molecular weight excluding hydrogens is 268 g/mol. The third kappa shape index (κ3) is 3.08. The van der Waals surface area contributed by atoms with E-state index in [0.717, 1.165) is 0 Å². The second kappa shape index (κ2) is 5.75. The van der Waals surface area contributed by atoms with Gasteiger partial charge < -0.3 is 10.1 Å². The van der Waals surface area contributed by atoms with E-state index in [-0.39, 0.29) is 17.9 Å². The third-order valence-corrected chi connectivity index (χ3v) is 3.19. The Morgan fingerprint density at radius 3 is 2.86 bits per heavy atom. The van der Waals surface area contributed by atoms with Gasteiger partial charge in [0.15, 0.2) is 17.8 Å². The molecule has 1 atom stereocenters. The topological polar surface area (TPSA) is 67.8 Å². The van der Waals surface area contributed by atoms with Crippen molar-refractivity contribution in [1.29, 1.82) is 0 Å². The average molecular weight is 282 g/mol. The van der Waals surface area contributed by atoms with Crippen molar-refractivity contribution in [2.45, 2.75) is 12.6 Å². The van der Waals surface area contributed by atoms with E-state index >= 15 is 0 Å². The molecule has 0 aromatic heterocycles. The number of fused-ring (bicyclic) bond motifs is 1. The zero-order valence-electron chi connectivity index (χ0n) is 11.3. The number of ketones is 1. The van der Waals surface area contributed by atoms with Crippen LogP contribution in [0.3, 0.4) is 0 Å². The van der Waals surface area contributed by atoms with Crippen molar-refractivity contribution in [3.8, 4) is 0 Å². The Hall–Kier alpha value is -2.69. The molecule has 1 aromatic rings. The van der Waals surface area contributed by atoms with Crippen molar-refractivity contribution in [3.63, 3.8) is 0 Å². The monoisotopic (exact) mass is 282 g/mol. The largest absolute Gasteiger partial charge is 0.466 e. The van der Waals surface area contributed by atoms with Crippen molar-refractivity contribution >= 4 is 17.4 Å². The Kier molecular flexibility index (Phi) is 3.64. The van der Waals surface area contributed by atoms with Gasteiger partial charge in [0.25, 0.3) is 5.91 Å². The highest BCUT2D eigenvalue weighted by Crippen LogP contribution is 2.21. The molecule has 0 spiro atoms. The molecule has 0 saturated carbocycles. The number of nitrogens with zero attached hydrogens (tertiary/aromatic N) is 1. The minimum Gasteiger partial charge on any atom is -0.466 e. The molecule has 1 aliphatic heterocycles. The molecule has 0 bridgehead atoms. The predicted molar refractivity (Wildman–Crippen MR) is 77.9 cm³/mol. The first kappa shape index (κ1) is 13.3. The Morgan fingerprint density at radius 2 is 2.05 bits per heavy atom. The van der Waals surface area contributed by atoms with E-state index in [2.05, 4.69) is 10.3 Å². The first-order chi connectivity index (χ1) is 10.2. The molecule has 2 aliphatic rings. The lowest BCUT2D eigenvalue weighted by molar-refractivity contribution is -0.110. The molecular formula is C16H14N2O3. The second-order valence-electron chi connectivity index (χ2n) is 4.74. The van der Waals surface area contributed by atoms with Crippen LogP contribution in [0.4, 0.5) is 0 Å². The molecule has 1 heterocycles. The normalized spacial score (nSPS) is 19.4. The van der Waals surface area contributed by atoms with Gasteiger partial charge >= 0.3 is 0 Å². The minimum atomic E-state index is -0.349. The van der Waals surface area contributed by atoms with Gasteiger partial charge in [0.1, 0.15) is 5.71 Å². The number of rotatable bonds is 4. The van der Waals surface area contributed by atoms with Gasteiger partial charge in [0, 0.05) is 24.6 Å². The van der Waals surface area contributed by atoms with E-state index in [1.54, 1.807) is 18.2 Å². The number of ether oxygens (including phenoxy) is 1. The number of benzene rings is 1. The number of carbonyl (C=O) groups excluding carboxylic acids is 2. The number of allylic oxidation sites excluding steroid dienone is 3. The fourth-order valence-electron chi connectivity index (χ4n) is 2.15. The van der Waals surface area contributed by atoms with Crippen LogP contribution in [0.2, 0.25) is 0 Å². The Bertz CT molecular complexity index is 659. The van der Waals surface area contributed by atoms with Gasteiger partial charge in [-0.3, -0.25) is 9.59 Å². The molecule has 0 radical (unpaired) electrons. The van der Waals surface area contributed by atoms with Crippen LogP contribution >= 0.6 is 0 Å². The summed E-state index contributed by atoms with van der Waals surface area (Å²) in [7, 11) is 0. The van der Waals surface area contributed by atoms with E-state index in [1.165, 1.54) is 12.2 Å². The van der Waals surface area contributed by atoms with E-state index < -0.39 is 0 Å². The molecule has 5 heteroatoms. The molecule has 1 aliphatic carbocycles. The molecule has 1 aromatic carbocycles. The zero-order chi connectivity index (χ0) is 14.7. The van der Waals surface area contributed by atoms with Crippen LogP contribution in [0.15, 0.2) is 59.3 Å². The third-order valence-electron chi connectivity index (χ3n) is 3.19. The van der Waals surface area contributed by atoms with Crippen LogP contribution in [-0.4, -0.2) is 30.2 Å². The van der Waals surface area contributed by atoms with Crippen LogP contribution in [0, 0.1) is 0 Å². The standard InChI is InChI=1S/C16H14N2O3/c19-12-6-7-13-14(10-12)21-15(18-13)8-9-17-16(20)11-4-2-1-3-5-11/h1-7,10,15H,8-9H2,(H,17,20). The Labute approximate surface area is 122 Å². The molecule has 1 N–H and O–H groups in total. The van der Waals surface area contributed by atoms with Gasteiger partial charge in [-0.05, 0) is 24.3 Å². The quantitative estimate of drug-likeness (QED) is 0.853. The van der Waals surface area contributed by atoms with Gasteiger partial charge in [-0.2, -0.15) is 0 Å². The molecule has 3 rings (SSSR count). The minimum absolute atomic E-state index is 0.0954. The number of aliphatic imine (C=N–C) groups is 1. The maximum Gasteiger partial charge on any atom is 0.251 e. The van der Waals surface area contributed by atoms with Crippen LogP contribution in [0.25, 0.3) is 0 Å². The summed E-state index contributed by atoms with van der Waals surface area (Å²) >= 11 is 0. The van der Waals surface area contributed by atoms with Crippen molar-refractivity contribution in [3.05, 3.63) is 59.9 Å². The molecule has 21 heavy (non-hydrogen) atoms. The van der Waals surface area contributed by atoms with E-state index in [4.69, 9.17) is 4.74 Å². The summed E-state index contributed by atoms with van der Waals surface area (Å²) in [6, 6.07) is 9.03. The van der Waals surface area contributed by atoms with Gasteiger partial charge in [-0.1, -0.05) is 18.2 Å². The van der Waals surface area contributed by atoms with Crippen molar-refractivity contribution in [2.75, 3.05) is 6.54 Å². The van der Waals surface area contributed by atoms with Crippen LogP contribution < -0.4 is 5.32 Å². The highest BCUT2D eigenvalue weighted by atomic mass is 16.5. The van der Waals surface area contributed by atoms with Gasteiger partial charge in [0.2, 0.25) is 0 Å². The van der Waals surface area contributed by atoms with Gasteiger partial charge in [-0.25, -0.2) is 4.99 Å². The van der Waals surface area contributed by atoms with Gasteiger partial charge in [-0.15, -0.1) is 0 Å². The number of carbonyl (C=O) groups is 2. The molecule has 5 nitrogen and oxygen atoms in total. The first-order valence-electron chi connectivity index (χ1n) is 6.74. The summed E-state index contributed by atoms with van der Waals surface area (Å²) in [6.07, 6.45) is 4.76. The molecule has 1 amide bonds. The molecule has 0 saturated heterocycles. The average Bonchev–Trinajstić information content (AvgIpc) is 2.89. The zero-order valence-corrected chi connectivity index (χ0v) is 11.3. The lowest BCUT2D eigenvalue weighted by Crippen LogP contribution is -2.26. The number of hydrogen-bond acceptors (Lipinski definition) is 4. The smallest absolute Gasteiger partial charge is 0.251 e. The maximum absolute atomic E-state index is 11.9. The summed E-state index contributed by atoms with van der Waals surface area (Å²) in [5.74, 6) is 0.303. The lowest BCUT2D eigenvalue weighted by Gasteiger charge is -2.10. The van der Waals surface area contributed by atoms with Crippen LogP contribution in [0.5, 0.6) is 0 Å². The fourth-order valence-corrected chi connectivity index (χ4v) is 2.15. The van der Waals surface area contributed by atoms with Crippen molar-refractivity contribution < 1.29 is 14.3 Å². The van der Waals surface area contributed by atoms with Crippen LogP contribution in [0.1, 0.15) is 16.8 Å². The Morgan fingerprint density at radius 1 is 1.24 bits per heavy atom. The van der Waals surface area contributed by atoms with E-state index in [1.807, 2.05) is 18.2 Å². The highest BCUT2D eigenvalue weighted by Gasteiger charge is 2.24. The lowest BCUT2D eigenvalue weighted by atomic mass is 10.1. The van der Waals surface area contributed by atoms with Crippen LogP contribution in [-0.2, 0) is 9.53 Å². The molecule has 1 unspecified atom stereocenters. The second-order valence-corrected chi connectivity index (χ2v) is 4.74. The summed E-state index contributed by atoms with van der Waals surface area (Å²) in [4.78, 5) is 27.4. The summed E-state index contributed by atoms with van der Waals surface area (Å²) in [5, 5.41) is 2.82. The van der Waals surface area contributed by atoms with E-state index in [9.17, 15) is 9.59 Å². The van der Waals surface area contributed by atoms with Gasteiger partial charge in [0.05, 0.1) is 0 Å². The molecule has 0 fully saturated rings. The summed E-state index contributed by atoms with van der Waals surface area (Å²) < 4.78 is 5.56. The van der Waals surface area contributed by atoms with E-state index in [0.29, 0.717) is 30.0 Å². The maximum atomic E-state index is 11.9. The molecule has 106 valence electrons. The summed E-state index contributed by atoms with van der Waals surface area (Å²) in [6.45, 7) is 0.458. The number of nitrogens with one attached hydrogen (secondary N) is 1. The first-order valence-corrected chi connectivity index (χ1v) is 6.74. The van der Waals surface area contributed by atoms with Crippen molar-refractivity contribution in [2.24, 2.45) is 4.99 Å². The summed E-state index contributed by atoms with van der Waals surface area (Å²) in [5.41, 5.74) is 1.31. The predicted octanol–water partition coefficient (Wildman–Crippen LogP) is 1.63. The van der Waals surface area contributed by atoms with Crippen molar-refractivity contribution in [1.82, 2.24) is 5.32 Å². The Balaban J connectivity index is 1.50. The SMILES string of the molecule is O=C1C=CC2=NC(CCNC(=O)c3ccccc3)OC2=C1. The highest BCUT2D eigenvalue weighted by molar-refractivity contribution is 6.19. The number of amides is 1. The number of hydrogen-bond donors (Lipinski definition) is 1. The fraction of sp³-hybridized carbons (Fsp3) is 0.188.